The highest BCUT2D eigenvalue weighted by Crippen LogP contribution is 2.54. The Bertz CT molecular complexity index is 1340. The van der Waals surface area contributed by atoms with E-state index in [-0.39, 0.29) is 36.3 Å². The summed E-state index contributed by atoms with van der Waals surface area (Å²) in [6.45, 7) is 7.01. The molecule has 1 saturated heterocycles. The molecule has 212 valence electrons. The number of carboxylic acid groups (broad SMARTS) is 1. The summed E-state index contributed by atoms with van der Waals surface area (Å²) >= 11 is 12.6. The van der Waals surface area contributed by atoms with Gasteiger partial charge in [-0.05, 0) is 81.3 Å². The second-order valence-electron chi connectivity index (χ2n) is 12.2. The molecule has 10 heteroatoms. The summed E-state index contributed by atoms with van der Waals surface area (Å²) in [6.07, 6.45) is 1.50. The van der Waals surface area contributed by atoms with Gasteiger partial charge in [0.05, 0.1) is 29.7 Å². The van der Waals surface area contributed by atoms with Gasteiger partial charge >= 0.3 is 5.97 Å². The third-order valence-corrected chi connectivity index (χ3v) is 9.70. The minimum absolute atomic E-state index is 0.00696. The van der Waals surface area contributed by atoms with E-state index in [4.69, 9.17) is 23.2 Å². The fraction of sp³-hybridized carbons (Fsp3) is 0.517. The molecular formula is C29H36Cl2N2O5S. The van der Waals surface area contributed by atoms with Crippen LogP contribution < -0.4 is 4.72 Å². The van der Waals surface area contributed by atoms with Crippen LogP contribution in [-0.2, 0) is 19.6 Å². The smallest absolute Gasteiger partial charge is 0.304 e. The largest absolute Gasteiger partial charge is 0.481 e. The number of hydrogen-bond acceptors (Lipinski definition) is 4. The van der Waals surface area contributed by atoms with E-state index in [0.717, 1.165) is 24.0 Å². The summed E-state index contributed by atoms with van der Waals surface area (Å²) in [7, 11) is -3.78. The molecule has 4 rings (SSSR count). The average Bonchev–Trinajstić information content (AvgIpc) is 3.63. The van der Waals surface area contributed by atoms with E-state index in [0.29, 0.717) is 10.0 Å². The molecule has 0 unspecified atom stereocenters. The van der Waals surface area contributed by atoms with Crippen LogP contribution in [-0.4, -0.2) is 47.6 Å². The van der Waals surface area contributed by atoms with Crippen molar-refractivity contribution in [3.63, 3.8) is 0 Å². The van der Waals surface area contributed by atoms with Crippen molar-refractivity contribution < 1.29 is 23.1 Å². The number of nitrogens with zero attached hydrogens (tertiary/aromatic N) is 1. The van der Waals surface area contributed by atoms with Crippen molar-refractivity contribution in [2.75, 3.05) is 5.75 Å². The van der Waals surface area contributed by atoms with Gasteiger partial charge in [0.1, 0.15) is 0 Å². The monoisotopic (exact) mass is 594 g/mol. The van der Waals surface area contributed by atoms with E-state index in [1.54, 1.807) is 50.8 Å². The zero-order valence-electron chi connectivity index (χ0n) is 22.7. The first-order valence-electron chi connectivity index (χ1n) is 13.2. The molecule has 2 aromatic carbocycles. The van der Waals surface area contributed by atoms with Crippen LogP contribution in [0.4, 0.5) is 0 Å². The fourth-order valence-corrected chi connectivity index (χ4v) is 8.13. The molecule has 2 aliphatic rings. The number of aliphatic carboxylic acids is 1. The zero-order chi connectivity index (χ0) is 28.8. The van der Waals surface area contributed by atoms with Gasteiger partial charge in [0, 0.05) is 21.5 Å². The van der Waals surface area contributed by atoms with E-state index in [9.17, 15) is 23.1 Å². The Morgan fingerprint density at radius 3 is 2.28 bits per heavy atom. The Kier molecular flexibility index (Phi) is 8.44. The lowest BCUT2D eigenvalue weighted by Gasteiger charge is -2.52. The minimum Gasteiger partial charge on any atom is -0.481 e. The number of amides is 1. The third kappa shape index (κ3) is 7.15. The number of rotatable bonds is 9. The van der Waals surface area contributed by atoms with Crippen molar-refractivity contribution in [1.29, 1.82) is 0 Å². The predicted molar refractivity (Wildman–Crippen MR) is 153 cm³/mol. The Hall–Kier alpha value is -2.13. The molecule has 1 aliphatic heterocycles. The van der Waals surface area contributed by atoms with Crippen LogP contribution in [0, 0.1) is 11.3 Å². The number of sulfonamides is 1. The lowest BCUT2D eigenvalue weighted by atomic mass is 9.67. The van der Waals surface area contributed by atoms with Crippen molar-refractivity contribution in [2.45, 2.75) is 76.9 Å². The van der Waals surface area contributed by atoms with Crippen LogP contribution in [0.5, 0.6) is 0 Å². The molecule has 4 atom stereocenters. The van der Waals surface area contributed by atoms with Crippen molar-refractivity contribution in [2.24, 2.45) is 11.3 Å². The summed E-state index contributed by atoms with van der Waals surface area (Å²) in [5.74, 6) is -2.02. The molecule has 0 bridgehead atoms. The summed E-state index contributed by atoms with van der Waals surface area (Å²) < 4.78 is 29.5. The average molecular weight is 596 g/mol. The molecule has 0 spiro atoms. The Morgan fingerprint density at radius 1 is 1.10 bits per heavy atom. The highest BCUT2D eigenvalue weighted by atomic mass is 35.5. The van der Waals surface area contributed by atoms with Crippen LogP contribution >= 0.6 is 23.2 Å². The van der Waals surface area contributed by atoms with Gasteiger partial charge in [-0.3, -0.25) is 9.59 Å². The molecule has 2 aromatic rings. The number of carboxylic acids is 1. The lowest BCUT2D eigenvalue weighted by molar-refractivity contribution is -0.160. The Labute approximate surface area is 240 Å². The van der Waals surface area contributed by atoms with Crippen LogP contribution in [0.15, 0.2) is 48.5 Å². The second-order valence-corrected chi connectivity index (χ2v) is 14.9. The minimum atomic E-state index is -3.78. The van der Waals surface area contributed by atoms with Gasteiger partial charge in [-0.2, -0.15) is 0 Å². The molecule has 7 nitrogen and oxygen atoms in total. The first-order valence-corrected chi connectivity index (χ1v) is 15.6. The number of carbonyl (C=O) groups is 2. The quantitative estimate of drug-likeness (QED) is 0.369. The first-order chi connectivity index (χ1) is 18.1. The SMILES string of the molecule is CC(C)(C)NS(=O)(=O)C[C@H](C1CC1)N1C(=O)[C@](C)(CC(=O)O)C[C@H](c2cccc(Cl)c2)[C@H]1c1ccc(Cl)cc1. The van der Waals surface area contributed by atoms with Gasteiger partial charge in [0.15, 0.2) is 0 Å². The standard InChI is InChI=1S/C29H36Cl2N2O5S/c1-28(2,3)32-39(37,38)17-24(18-8-9-18)33-26(19-10-12-21(30)13-11-19)23(20-6-5-7-22(31)14-20)15-29(4,27(33)36)16-25(34)35/h5-7,10-14,18,23-24,26,32H,8-9,15-17H2,1-4H3,(H,34,35)/t23-,24-,26-,29+/m1/s1. The normalized spacial score (nSPS) is 25.0. The predicted octanol–water partition coefficient (Wildman–Crippen LogP) is 6.03. The Morgan fingerprint density at radius 2 is 1.74 bits per heavy atom. The molecule has 39 heavy (non-hydrogen) atoms. The van der Waals surface area contributed by atoms with Crippen LogP contribution in [0.25, 0.3) is 0 Å². The number of likely N-dealkylation sites (tertiary alicyclic amines) is 1. The Balaban J connectivity index is 1.91. The molecule has 0 radical (unpaired) electrons. The van der Waals surface area contributed by atoms with Gasteiger partial charge in [-0.25, -0.2) is 13.1 Å². The number of carbonyl (C=O) groups excluding carboxylic acids is 1. The summed E-state index contributed by atoms with van der Waals surface area (Å²) in [6, 6.07) is 13.4. The van der Waals surface area contributed by atoms with E-state index in [1.807, 2.05) is 30.3 Å². The van der Waals surface area contributed by atoms with Gasteiger partial charge in [0.25, 0.3) is 0 Å². The summed E-state index contributed by atoms with van der Waals surface area (Å²) in [5.41, 5.74) is -0.255. The molecule has 0 aromatic heterocycles. The van der Waals surface area contributed by atoms with Crippen LogP contribution in [0.1, 0.15) is 76.5 Å². The van der Waals surface area contributed by atoms with Gasteiger partial charge in [0.2, 0.25) is 15.9 Å². The molecule has 1 aliphatic carbocycles. The third-order valence-electron chi connectivity index (χ3n) is 7.51. The van der Waals surface area contributed by atoms with Gasteiger partial charge in [-0.15, -0.1) is 0 Å². The fourth-order valence-electron chi connectivity index (χ4n) is 5.90. The maximum atomic E-state index is 14.4. The van der Waals surface area contributed by atoms with Crippen molar-refractivity contribution in [3.05, 3.63) is 69.7 Å². The molecule has 2 fully saturated rings. The first kappa shape index (κ1) is 29.8. The number of piperidine rings is 1. The van der Waals surface area contributed by atoms with Crippen molar-refractivity contribution in [3.8, 4) is 0 Å². The van der Waals surface area contributed by atoms with E-state index < -0.39 is 39.0 Å². The van der Waals surface area contributed by atoms with Gasteiger partial charge in [-0.1, -0.05) is 54.4 Å². The highest BCUT2D eigenvalue weighted by Gasteiger charge is 2.55. The zero-order valence-corrected chi connectivity index (χ0v) is 25.0. The van der Waals surface area contributed by atoms with E-state index in [2.05, 4.69) is 4.72 Å². The number of hydrogen-bond donors (Lipinski definition) is 2. The molecular weight excluding hydrogens is 559 g/mol. The lowest BCUT2D eigenvalue weighted by Crippen LogP contribution is -2.59. The van der Waals surface area contributed by atoms with Crippen LogP contribution in [0.2, 0.25) is 10.0 Å². The van der Waals surface area contributed by atoms with Crippen molar-refractivity contribution in [1.82, 2.24) is 9.62 Å². The van der Waals surface area contributed by atoms with E-state index in [1.165, 1.54) is 0 Å². The maximum Gasteiger partial charge on any atom is 0.304 e. The number of halogens is 2. The topological polar surface area (TPSA) is 104 Å². The van der Waals surface area contributed by atoms with Gasteiger partial charge < -0.3 is 10.0 Å². The van der Waals surface area contributed by atoms with E-state index >= 15 is 0 Å². The van der Waals surface area contributed by atoms with Crippen molar-refractivity contribution >= 4 is 45.1 Å². The van der Waals surface area contributed by atoms with Crippen LogP contribution in [0.3, 0.4) is 0 Å². The molecule has 2 N–H and O–H groups in total. The molecule has 1 saturated carbocycles. The highest BCUT2D eigenvalue weighted by molar-refractivity contribution is 7.89. The molecule has 1 amide bonds. The maximum absolute atomic E-state index is 14.4. The number of benzene rings is 2. The summed E-state index contributed by atoms with van der Waals surface area (Å²) in [5, 5.41) is 10.9. The summed E-state index contributed by atoms with van der Waals surface area (Å²) in [4.78, 5) is 28.1. The second kappa shape index (κ2) is 11.0. The molecule has 1 heterocycles. The number of nitrogens with one attached hydrogen (secondary N) is 1.